The first-order chi connectivity index (χ1) is 8.09. The molecule has 0 fully saturated rings. The topological polar surface area (TPSA) is 64.9 Å². The van der Waals surface area contributed by atoms with Crippen LogP contribution in [0.3, 0.4) is 0 Å². The molecule has 0 saturated carbocycles. The second-order valence-corrected chi connectivity index (χ2v) is 4.47. The fourth-order valence-corrected chi connectivity index (χ4v) is 1.87. The number of halogens is 2. The molecule has 2 rings (SSSR count). The van der Waals surface area contributed by atoms with Crippen molar-refractivity contribution in [2.75, 3.05) is 5.73 Å². The highest BCUT2D eigenvalue weighted by molar-refractivity contribution is 6.42. The molecule has 0 aliphatic carbocycles. The normalized spacial score (nSPS) is 12.4. The number of hydrogen-bond acceptors (Lipinski definition) is 3. The van der Waals surface area contributed by atoms with Crippen LogP contribution in [-0.2, 0) is 0 Å². The molecule has 0 aliphatic heterocycles. The summed E-state index contributed by atoms with van der Waals surface area (Å²) in [5.74, 6) is 0. The first kappa shape index (κ1) is 12.2. The summed E-state index contributed by atoms with van der Waals surface area (Å²) in [7, 11) is 0. The van der Waals surface area contributed by atoms with Gasteiger partial charge in [-0.1, -0.05) is 29.3 Å². The molecule has 1 aromatic heterocycles. The van der Waals surface area contributed by atoms with E-state index >= 15 is 0 Å². The van der Waals surface area contributed by atoms with Gasteiger partial charge in [0, 0.05) is 23.6 Å². The van der Waals surface area contributed by atoms with E-state index < -0.39 is 0 Å². The van der Waals surface area contributed by atoms with Gasteiger partial charge in [-0.05, 0) is 23.8 Å². The summed E-state index contributed by atoms with van der Waals surface area (Å²) < 4.78 is 0. The third-order valence-corrected chi connectivity index (χ3v) is 3.26. The molecule has 5 heteroatoms. The minimum atomic E-state index is -0.363. The predicted molar refractivity (Wildman–Crippen MR) is 71.1 cm³/mol. The number of aromatic nitrogens is 1. The Morgan fingerprint density at radius 1 is 1.12 bits per heavy atom. The van der Waals surface area contributed by atoms with Crippen LogP contribution in [-0.4, -0.2) is 4.98 Å². The number of benzene rings is 1. The second-order valence-electron chi connectivity index (χ2n) is 3.66. The number of anilines is 1. The van der Waals surface area contributed by atoms with Crippen molar-refractivity contribution in [1.82, 2.24) is 4.98 Å². The lowest BCUT2D eigenvalue weighted by Gasteiger charge is -2.14. The summed E-state index contributed by atoms with van der Waals surface area (Å²) in [5.41, 5.74) is 14.2. The Labute approximate surface area is 109 Å². The smallest absolute Gasteiger partial charge is 0.0595 e. The highest BCUT2D eigenvalue weighted by Crippen LogP contribution is 2.29. The molecule has 3 nitrogen and oxygen atoms in total. The fourth-order valence-electron chi connectivity index (χ4n) is 1.56. The highest BCUT2D eigenvalue weighted by Gasteiger charge is 2.13. The van der Waals surface area contributed by atoms with Gasteiger partial charge in [0.15, 0.2) is 0 Å². The molecule has 88 valence electrons. The van der Waals surface area contributed by atoms with Gasteiger partial charge >= 0.3 is 0 Å². The lowest BCUT2D eigenvalue weighted by atomic mass is 10.00. The molecule has 4 N–H and O–H groups in total. The van der Waals surface area contributed by atoms with E-state index in [9.17, 15) is 0 Å². The minimum Gasteiger partial charge on any atom is -0.398 e. The molecule has 2 aromatic rings. The number of hydrogen-bond donors (Lipinski definition) is 2. The van der Waals surface area contributed by atoms with Gasteiger partial charge in [-0.2, -0.15) is 0 Å². The standard InChI is InChI=1S/C12H11Cl2N3/c13-9-2-1-7(5-10(9)14)12(16)8-6-17-4-3-11(8)15/h1-6,12H,16H2,(H2,15,17). The van der Waals surface area contributed by atoms with Crippen molar-refractivity contribution in [3.8, 4) is 0 Å². The van der Waals surface area contributed by atoms with Crippen LogP contribution in [0.4, 0.5) is 5.69 Å². The monoisotopic (exact) mass is 267 g/mol. The van der Waals surface area contributed by atoms with E-state index in [0.717, 1.165) is 11.1 Å². The van der Waals surface area contributed by atoms with Gasteiger partial charge in [0.05, 0.1) is 16.1 Å². The van der Waals surface area contributed by atoms with E-state index in [1.165, 1.54) is 0 Å². The molecular formula is C12H11Cl2N3. The number of pyridine rings is 1. The fraction of sp³-hybridized carbons (Fsp3) is 0.0833. The number of rotatable bonds is 2. The van der Waals surface area contributed by atoms with Crippen LogP contribution in [0.15, 0.2) is 36.7 Å². The van der Waals surface area contributed by atoms with Crippen molar-refractivity contribution in [1.29, 1.82) is 0 Å². The maximum absolute atomic E-state index is 6.11. The van der Waals surface area contributed by atoms with Gasteiger partial charge < -0.3 is 11.5 Å². The second kappa shape index (κ2) is 4.92. The molecule has 0 radical (unpaired) electrons. The van der Waals surface area contributed by atoms with Crippen molar-refractivity contribution >= 4 is 28.9 Å². The van der Waals surface area contributed by atoms with E-state index in [1.54, 1.807) is 30.6 Å². The average molecular weight is 268 g/mol. The van der Waals surface area contributed by atoms with Crippen LogP contribution in [0.2, 0.25) is 10.0 Å². The van der Waals surface area contributed by atoms with Crippen molar-refractivity contribution in [3.63, 3.8) is 0 Å². The number of nitrogen functional groups attached to an aromatic ring is 1. The Morgan fingerprint density at radius 3 is 2.53 bits per heavy atom. The van der Waals surface area contributed by atoms with Gasteiger partial charge in [0.1, 0.15) is 0 Å². The van der Waals surface area contributed by atoms with Gasteiger partial charge in [-0.15, -0.1) is 0 Å². The maximum Gasteiger partial charge on any atom is 0.0595 e. The minimum absolute atomic E-state index is 0.363. The molecule has 0 bridgehead atoms. The summed E-state index contributed by atoms with van der Waals surface area (Å²) in [5, 5.41) is 0.976. The molecule has 0 aliphatic rings. The molecule has 1 heterocycles. The maximum atomic E-state index is 6.11. The number of nitrogens with zero attached hydrogens (tertiary/aromatic N) is 1. The third kappa shape index (κ3) is 2.52. The van der Waals surface area contributed by atoms with Gasteiger partial charge in [0.25, 0.3) is 0 Å². The Bertz CT molecular complexity index is 543. The summed E-state index contributed by atoms with van der Waals surface area (Å²) >= 11 is 11.8. The van der Waals surface area contributed by atoms with Crippen molar-refractivity contribution < 1.29 is 0 Å². The summed E-state index contributed by atoms with van der Waals surface area (Å²) in [6, 6.07) is 6.63. The molecule has 1 aromatic carbocycles. The van der Waals surface area contributed by atoms with Crippen LogP contribution in [0.25, 0.3) is 0 Å². The Hall–Kier alpha value is -1.29. The molecule has 1 unspecified atom stereocenters. The van der Waals surface area contributed by atoms with E-state index in [-0.39, 0.29) is 6.04 Å². The predicted octanol–water partition coefficient (Wildman–Crippen LogP) is 3.02. The van der Waals surface area contributed by atoms with E-state index in [4.69, 9.17) is 34.7 Å². The third-order valence-electron chi connectivity index (χ3n) is 2.52. The van der Waals surface area contributed by atoms with Gasteiger partial charge in [0.2, 0.25) is 0 Å². The summed E-state index contributed by atoms with van der Waals surface area (Å²) in [6.07, 6.45) is 3.28. The average Bonchev–Trinajstić information content (AvgIpc) is 2.32. The van der Waals surface area contributed by atoms with E-state index in [2.05, 4.69) is 4.98 Å². The van der Waals surface area contributed by atoms with Crippen LogP contribution in [0, 0.1) is 0 Å². The van der Waals surface area contributed by atoms with Crippen LogP contribution >= 0.6 is 23.2 Å². The van der Waals surface area contributed by atoms with Gasteiger partial charge in [-0.3, -0.25) is 4.98 Å². The van der Waals surface area contributed by atoms with Crippen LogP contribution < -0.4 is 11.5 Å². The highest BCUT2D eigenvalue weighted by atomic mass is 35.5. The van der Waals surface area contributed by atoms with Gasteiger partial charge in [-0.25, -0.2) is 0 Å². The first-order valence-electron chi connectivity index (χ1n) is 4.99. The zero-order valence-corrected chi connectivity index (χ0v) is 10.4. The molecule has 17 heavy (non-hydrogen) atoms. The molecule has 0 spiro atoms. The Kier molecular flexibility index (Phi) is 3.52. The Balaban J connectivity index is 2.40. The zero-order chi connectivity index (χ0) is 12.4. The number of nitrogens with two attached hydrogens (primary N) is 2. The molecular weight excluding hydrogens is 257 g/mol. The van der Waals surface area contributed by atoms with E-state index in [1.807, 2.05) is 6.07 Å². The quantitative estimate of drug-likeness (QED) is 0.879. The largest absolute Gasteiger partial charge is 0.398 e. The van der Waals surface area contributed by atoms with Crippen molar-refractivity contribution in [2.45, 2.75) is 6.04 Å². The van der Waals surface area contributed by atoms with Crippen molar-refractivity contribution in [2.24, 2.45) is 5.73 Å². The zero-order valence-electron chi connectivity index (χ0n) is 8.90. The molecule has 1 atom stereocenters. The summed E-state index contributed by atoms with van der Waals surface area (Å²) in [6.45, 7) is 0. The Morgan fingerprint density at radius 2 is 1.88 bits per heavy atom. The molecule has 0 saturated heterocycles. The summed E-state index contributed by atoms with van der Waals surface area (Å²) in [4.78, 5) is 4.01. The lowest BCUT2D eigenvalue weighted by molar-refractivity contribution is 0.866. The first-order valence-corrected chi connectivity index (χ1v) is 5.75. The SMILES string of the molecule is Nc1ccncc1C(N)c1ccc(Cl)c(Cl)c1. The van der Waals surface area contributed by atoms with Crippen LogP contribution in [0.1, 0.15) is 17.2 Å². The molecule has 0 amide bonds. The van der Waals surface area contributed by atoms with Crippen molar-refractivity contribution in [3.05, 3.63) is 57.8 Å². The van der Waals surface area contributed by atoms with Crippen LogP contribution in [0.5, 0.6) is 0 Å². The van der Waals surface area contributed by atoms with E-state index in [0.29, 0.717) is 15.7 Å². The lowest BCUT2D eigenvalue weighted by Crippen LogP contribution is -2.14.